The van der Waals surface area contributed by atoms with Crippen LogP contribution in [0.1, 0.15) is 303 Å². The molecule has 6 nitrogen and oxygen atoms in total. The molecule has 1 atom stereocenters. The van der Waals surface area contributed by atoms with Crippen LogP contribution in [0.5, 0.6) is 0 Å². The van der Waals surface area contributed by atoms with Crippen molar-refractivity contribution in [2.45, 2.75) is 309 Å². The molecule has 0 saturated carbocycles. The minimum Gasteiger partial charge on any atom is -0.462 e. The Bertz CT molecular complexity index is 1640. The van der Waals surface area contributed by atoms with Gasteiger partial charge in [-0.15, -0.1) is 0 Å². The topological polar surface area (TPSA) is 78.9 Å². The van der Waals surface area contributed by atoms with Crippen molar-refractivity contribution in [3.8, 4) is 0 Å². The van der Waals surface area contributed by atoms with Crippen LogP contribution in [0.4, 0.5) is 0 Å². The molecule has 0 radical (unpaired) electrons. The smallest absolute Gasteiger partial charge is 0.306 e. The van der Waals surface area contributed by atoms with Gasteiger partial charge in [0, 0.05) is 19.3 Å². The van der Waals surface area contributed by atoms with Crippen molar-refractivity contribution in [3.63, 3.8) is 0 Å². The highest BCUT2D eigenvalue weighted by molar-refractivity contribution is 5.71. The Morgan fingerprint density at radius 1 is 0.266 bits per heavy atom. The first kappa shape index (κ1) is 74.8. The standard InChI is InChI=1S/C73H122O6/c1-4-7-10-13-16-19-22-25-27-29-30-31-32-33-34-35-36-37-38-39-40-41-42-44-45-48-51-54-57-60-63-66-72(75)78-69-70(68-77-71(74)65-62-59-56-53-50-47-24-21-18-15-12-9-6-3)79-73(76)67-64-61-58-55-52-49-46-43-28-26-23-20-17-14-11-8-5-2/h7-8,10-12,15-17,19-21,24-28,30-31,46,49,70H,4-6,9,13-14,18,22-23,29,32-45,47-48,50-69H2,1-3H3/b10-7-,11-8-,15-12-,19-16-,20-17-,24-21-,27-25-,28-26-,31-30-,49-46-. The highest BCUT2D eigenvalue weighted by Gasteiger charge is 2.19. The van der Waals surface area contributed by atoms with E-state index in [4.69, 9.17) is 14.2 Å². The number of unbranched alkanes of at least 4 members (excludes halogenated alkanes) is 28. The molecular weight excluding hydrogens is 973 g/mol. The van der Waals surface area contributed by atoms with Crippen LogP contribution < -0.4 is 0 Å². The highest BCUT2D eigenvalue weighted by atomic mass is 16.6. The first-order valence-electron chi connectivity index (χ1n) is 33.0. The predicted molar refractivity (Wildman–Crippen MR) is 343 cm³/mol. The van der Waals surface area contributed by atoms with E-state index >= 15 is 0 Å². The zero-order valence-electron chi connectivity index (χ0n) is 51.6. The van der Waals surface area contributed by atoms with Crippen molar-refractivity contribution in [1.82, 2.24) is 0 Å². The monoisotopic (exact) mass is 1090 g/mol. The van der Waals surface area contributed by atoms with Gasteiger partial charge in [-0.25, -0.2) is 0 Å². The second-order valence-corrected chi connectivity index (χ2v) is 21.6. The summed E-state index contributed by atoms with van der Waals surface area (Å²) in [4.78, 5) is 38.3. The van der Waals surface area contributed by atoms with Crippen molar-refractivity contribution in [2.24, 2.45) is 0 Å². The molecule has 450 valence electrons. The third-order valence-corrected chi connectivity index (χ3v) is 13.9. The number of hydrogen-bond donors (Lipinski definition) is 0. The largest absolute Gasteiger partial charge is 0.462 e. The second-order valence-electron chi connectivity index (χ2n) is 21.6. The van der Waals surface area contributed by atoms with Crippen LogP contribution in [0.25, 0.3) is 0 Å². The molecule has 0 heterocycles. The fraction of sp³-hybridized carbons (Fsp3) is 0.685. The van der Waals surface area contributed by atoms with Crippen LogP contribution in [0.15, 0.2) is 122 Å². The predicted octanol–water partition coefficient (Wildman–Crippen LogP) is 22.8. The number of ether oxygens (including phenoxy) is 3. The molecule has 1 unspecified atom stereocenters. The van der Waals surface area contributed by atoms with E-state index < -0.39 is 6.10 Å². The van der Waals surface area contributed by atoms with Crippen molar-refractivity contribution in [1.29, 1.82) is 0 Å². The van der Waals surface area contributed by atoms with Crippen molar-refractivity contribution in [2.75, 3.05) is 13.2 Å². The summed E-state index contributed by atoms with van der Waals surface area (Å²) in [5, 5.41) is 0. The van der Waals surface area contributed by atoms with Crippen molar-refractivity contribution < 1.29 is 28.6 Å². The molecule has 0 fully saturated rings. The molecule has 0 aromatic heterocycles. The summed E-state index contributed by atoms with van der Waals surface area (Å²) in [5.74, 6) is -0.924. The molecule has 79 heavy (non-hydrogen) atoms. The third-order valence-electron chi connectivity index (χ3n) is 13.9. The van der Waals surface area contributed by atoms with Gasteiger partial charge in [0.2, 0.25) is 0 Å². The Hall–Kier alpha value is -4.19. The van der Waals surface area contributed by atoms with Crippen LogP contribution in [0, 0.1) is 0 Å². The molecule has 0 aliphatic rings. The lowest BCUT2D eigenvalue weighted by molar-refractivity contribution is -0.167. The Morgan fingerprint density at radius 3 is 0.772 bits per heavy atom. The fourth-order valence-electron chi connectivity index (χ4n) is 9.05. The number of rotatable bonds is 59. The van der Waals surface area contributed by atoms with E-state index in [1.165, 1.54) is 109 Å². The molecule has 0 aromatic carbocycles. The van der Waals surface area contributed by atoms with E-state index in [1.807, 2.05) is 0 Å². The summed E-state index contributed by atoms with van der Waals surface area (Å²) in [5.41, 5.74) is 0. The average molecular weight is 1100 g/mol. The van der Waals surface area contributed by atoms with Gasteiger partial charge in [-0.05, 0) is 122 Å². The quantitative estimate of drug-likeness (QED) is 0.0261. The Kier molecular flexibility index (Phi) is 62.8. The molecule has 0 amide bonds. The lowest BCUT2D eigenvalue weighted by atomic mass is 10.0. The molecular formula is C73H122O6. The Morgan fingerprint density at radius 2 is 0.494 bits per heavy atom. The lowest BCUT2D eigenvalue weighted by Crippen LogP contribution is -2.30. The minimum absolute atomic E-state index is 0.0925. The summed E-state index contributed by atoms with van der Waals surface area (Å²) in [6.45, 7) is 6.34. The van der Waals surface area contributed by atoms with Gasteiger partial charge < -0.3 is 14.2 Å². The van der Waals surface area contributed by atoms with Crippen LogP contribution in [0.3, 0.4) is 0 Å². The third kappa shape index (κ3) is 64.5. The highest BCUT2D eigenvalue weighted by Crippen LogP contribution is 2.17. The maximum absolute atomic E-state index is 12.9. The zero-order valence-corrected chi connectivity index (χ0v) is 51.6. The number of hydrogen-bond acceptors (Lipinski definition) is 6. The average Bonchev–Trinajstić information content (AvgIpc) is 3.45. The van der Waals surface area contributed by atoms with Crippen LogP contribution in [-0.4, -0.2) is 37.2 Å². The first-order chi connectivity index (χ1) is 39.0. The maximum Gasteiger partial charge on any atom is 0.306 e. The summed E-state index contributed by atoms with van der Waals surface area (Å²) >= 11 is 0. The zero-order chi connectivity index (χ0) is 57.1. The first-order valence-corrected chi connectivity index (χ1v) is 33.0. The van der Waals surface area contributed by atoms with Gasteiger partial charge >= 0.3 is 17.9 Å². The molecule has 0 aliphatic heterocycles. The molecule has 0 rings (SSSR count). The lowest BCUT2D eigenvalue weighted by Gasteiger charge is -2.18. The number of esters is 3. The van der Waals surface area contributed by atoms with E-state index in [-0.39, 0.29) is 31.1 Å². The van der Waals surface area contributed by atoms with Gasteiger partial charge in [-0.1, -0.05) is 284 Å². The van der Waals surface area contributed by atoms with E-state index in [0.717, 1.165) is 154 Å². The fourth-order valence-corrected chi connectivity index (χ4v) is 9.05. The molecule has 0 bridgehead atoms. The van der Waals surface area contributed by atoms with Crippen LogP contribution >= 0.6 is 0 Å². The Balaban J connectivity index is 4.23. The van der Waals surface area contributed by atoms with E-state index in [2.05, 4.69) is 142 Å². The summed E-state index contributed by atoms with van der Waals surface area (Å²) in [6, 6.07) is 0. The van der Waals surface area contributed by atoms with Crippen LogP contribution in [0.2, 0.25) is 0 Å². The molecule has 0 spiro atoms. The maximum atomic E-state index is 12.9. The SMILES string of the molecule is CC/C=C\C/C=C\C/C=C\C/C=C\CCCCCCCCCCCCCCCCCCCCC(=O)OCC(COC(=O)CCCCCCC/C=C\C/C=C\CCC)OC(=O)CCCCCC/C=C\C/C=C\C/C=C\C/C=C\CC. The Labute approximate surface area is 488 Å². The van der Waals surface area contributed by atoms with Gasteiger partial charge in [0.15, 0.2) is 6.10 Å². The number of carbonyl (C=O) groups is 3. The molecule has 0 N–H and O–H groups in total. The van der Waals surface area contributed by atoms with Gasteiger partial charge in [0.1, 0.15) is 13.2 Å². The van der Waals surface area contributed by atoms with Gasteiger partial charge in [0.25, 0.3) is 0 Å². The number of carbonyl (C=O) groups excluding carboxylic acids is 3. The summed E-state index contributed by atoms with van der Waals surface area (Å²) in [6.07, 6.45) is 92.2. The van der Waals surface area contributed by atoms with Crippen molar-refractivity contribution >= 4 is 17.9 Å². The summed E-state index contributed by atoms with van der Waals surface area (Å²) < 4.78 is 16.9. The molecule has 6 heteroatoms. The second kappa shape index (κ2) is 66.3. The van der Waals surface area contributed by atoms with E-state index in [9.17, 15) is 14.4 Å². The van der Waals surface area contributed by atoms with Gasteiger partial charge in [0.05, 0.1) is 0 Å². The molecule has 0 aliphatic carbocycles. The van der Waals surface area contributed by atoms with Gasteiger partial charge in [-0.3, -0.25) is 14.4 Å². The van der Waals surface area contributed by atoms with Crippen LogP contribution in [-0.2, 0) is 28.6 Å². The minimum atomic E-state index is -0.799. The number of allylic oxidation sites excluding steroid dienone is 20. The van der Waals surface area contributed by atoms with E-state index in [1.54, 1.807) is 0 Å². The normalized spacial score (nSPS) is 12.9. The van der Waals surface area contributed by atoms with E-state index in [0.29, 0.717) is 19.3 Å². The van der Waals surface area contributed by atoms with Gasteiger partial charge in [-0.2, -0.15) is 0 Å². The molecule has 0 saturated heterocycles. The van der Waals surface area contributed by atoms with Crippen molar-refractivity contribution in [3.05, 3.63) is 122 Å². The summed E-state index contributed by atoms with van der Waals surface area (Å²) in [7, 11) is 0. The molecule has 0 aromatic rings.